The Labute approximate surface area is 161 Å². The molecular weight excluding hydrogens is 381 g/mol. The summed E-state index contributed by atoms with van der Waals surface area (Å²) >= 11 is 17.2. The minimum atomic E-state index is 0.317. The number of ether oxygens (including phenoxy) is 2. The van der Waals surface area contributed by atoms with Crippen molar-refractivity contribution in [3.05, 3.63) is 58.6 Å². The Bertz CT molecular complexity index is 799. The lowest BCUT2D eigenvalue weighted by molar-refractivity contribution is 0.393. The molecule has 2 aromatic carbocycles. The monoisotopic (exact) mass is 397 g/mol. The van der Waals surface area contributed by atoms with Gasteiger partial charge in [-0.3, -0.25) is 10.9 Å². The Balaban J connectivity index is 1.98. The molecule has 5 nitrogen and oxygen atoms in total. The van der Waals surface area contributed by atoms with Crippen LogP contribution in [0.5, 0.6) is 11.5 Å². The fourth-order valence-corrected chi connectivity index (χ4v) is 2.61. The second-order valence-corrected chi connectivity index (χ2v) is 6.12. The Morgan fingerprint density at radius 1 is 1.04 bits per heavy atom. The van der Waals surface area contributed by atoms with Gasteiger partial charge in [0.2, 0.25) is 0 Å². The molecule has 0 aliphatic carbocycles. The van der Waals surface area contributed by atoms with E-state index in [9.17, 15) is 0 Å². The molecule has 0 spiro atoms. The van der Waals surface area contributed by atoms with Gasteiger partial charge >= 0.3 is 0 Å². The van der Waals surface area contributed by atoms with Crippen LogP contribution in [-0.4, -0.2) is 19.3 Å². The van der Waals surface area contributed by atoms with Crippen molar-refractivity contribution in [1.82, 2.24) is 10.9 Å². The summed E-state index contributed by atoms with van der Waals surface area (Å²) in [4.78, 5) is 0. The van der Waals surface area contributed by atoms with Gasteiger partial charge in [-0.05, 0) is 42.5 Å². The van der Waals surface area contributed by atoms with Crippen LogP contribution in [0.2, 0.25) is 10.0 Å². The Morgan fingerprint density at radius 3 is 2.44 bits per heavy atom. The summed E-state index contributed by atoms with van der Waals surface area (Å²) in [6, 6.07) is 10.5. The Kier molecular flexibility index (Phi) is 6.75. The minimum absolute atomic E-state index is 0.317. The van der Waals surface area contributed by atoms with E-state index < -0.39 is 0 Å². The third kappa shape index (κ3) is 5.16. The van der Waals surface area contributed by atoms with Gasteiger partial charge in [-0.15, -0.1) is 0 Å². The fraction of sp³-hybridized carbons (Fsp3) is 0.118. The standard InChI is InChI=1S/C17H17Cl2N3O2S/c1-10(13-6-5-12(23-2)9-16(13)24-3)21-22-17(25)20-15-7-4-11(18)8-14(15)19/h4-9,21H,1H2,2-3H3,(H2,20,22,25). The Morgan fingerprint density at radius 2 is 1.80 bits per heavy atom. The summed E-state index contributed by atoms with van der Waals surface area (Å²) < 4.78 is 10.5. The molecule has 2 rings (SSSR count). The molecule has 0 bridgehead atoms. The zero-order valence-corrected chi connectivity index (χ0v) is 16.0. The maximum Gasteiger partial charge on any atom is 0.189 e. The molecule has 0 aliphatic rings. The maximum absolute atomic E-state index is 6.10. The molecule has 0 atom stereocenters. The summed E-state index contributed by atoms with van der Waals surface area (Å²) in [5, 5.41) is 4.30. The topological polar surface area (TPSA) is 54.5 Å². The highest BCUT2D eigenvalue weighted by Gasteiger charge is 2.09. The van der Waals surface area contributed by atoms with Gasteiger partial charge in [-0.25, -0.2) is 0 Å². The summed E-state index contributed by atoms with van der Waals surface area (Å²) in [6.07, 6.45) is 0. The average molecular weight is 398 g/mol. The number of hydrogen-bond acceptors (Lipinski definition) is 4. The van der Waals surface area contributed by atoms with Gasteiger partial charge in [0.25, 0.3) is 0 Å². The highest BCUT2D eigenvalue weighted by atomic mass is 35.5. The number of hydrogen-bond donors (Lipinski definition) is 3. The van der Waals surface area contributed by atoms with Crippen molar-refractivity contribution >= 4 is 51.9 Å². The second-order valence-electron chi connectivity index (χ2n) is 4.87. The predicted octanol–water partition coefficient (Wildman–Crippen LogP) is 4.47. The van der Waals surface area contributed by atoms with Crippen LogP contribution in [0.25, 0.3) is 5.70 Å². The van der Waals surface area contributed by atoms with Gasteiger partial charge in [0, 0.05) is 16.7 Å². The highest BCUT2D eigenvalue weighted by Crippen LogP contribution is 2.28. The Hall–Kier alpha value is -2.15. The summed E-state index contributed by atoms with van der Waals surface area (Å²) in [6.45, 7) is 3.97. The van der Waals surface area contributed by atoms with Gasteiger partial charge < -0.3 is 14.8 Å². The van der Waals surface area contributed by atoms with E-state index in [1.165, 1.54) is 0 Å². The summed E-state index contributed by atoms with van der Waals surface area (Å²) in [5.74, 6) is 1.31. The van der Waals surface area contributed by atoms with Crippen molar-refractivity contribution in [3.63, 3.8) is 0 Å². The van der Waals surface area contributed by atoms with Crippen molar-refractivity contribution in [2.24, 2.45) is 0 Å². The van der Waals surface area contributed by atoms with E-state index in [0.717, 1.165) is 5.56 Å². The lowest BCUT2D eigenvalue weighted by Crippen LogP contribution is -2.38. The smallest absolute Gasteiger partial charge is 0.189 e. The van der Waals surface area contributed by atoms with Crippen molar-refractivity contribution in [2.75, 3.05) is 19.5 Å². The molecule has 0 unspecified atom stereocenters. The molecule has 0 saturated heterocycles. The largest absolute Gasteiger partial charge is 0.497 e. The van der Waals surface area contributed by atoms with E-state index in [2.05, 4.69) is 22.7 Å². The van der Waals surface area contributed by atoms with Crippen molar-refractivity contribution in [1.29, 1.82) is 0 Å². The number of rotatable bonds is 6. The van der Waals surface area contributed by atoms with Crippen LogP contribution < -0.4 is 25.6 Å². The third-order valence-corrected chi connectivity index (χ3v) is 3.99. The number of halogens is 2. The van der Waals surface area contributed by atoms with E-state index >= 15 is 0 Å². The number of hydrazine groups is 1. The molecule has 0 radical (unpaired) electrons. The van der Waals surface area contributed by atoms with E-state index in [-0.39, 0.29) is 0 Å². The van der Waals surface area contributed by atoms with Crippen LogP contribution in [0.4, 0.5) is 5.69 Å². The van der Waals surface area contributed by atoms with Crippen LogP contribution >= 0.6 is 35.4 Å². The van der Waals surface area contributed by atoms with Crippen molar-refractivity contribution in [2.45, 2.75) is 0 Å². The molecular formula is C17H17Cl2N3O2S. The number of methoxy groups -OCH3 is 2. The first kappa shape index (κ1) is 19.2. The van der Waals surface area contributed by atoms with Crippen molar-refractivity contribution in [3.8, 4) is 11.5 Å². The molecule has 2 aromatic rings. The molecule has 132 valence electrons. The maximum atomic E-state index is 6.10. The van der Waals surface area contributed by atoms with Crippen LogP contribution in [0.3, 0.4) is 0 Å². The van der Waals surface area contributed by atoms with E-state index in [4.69, 9.17) is 44.9 Å². The summed E-state index contributed by atoms with van der Waals surface area (Å²) in [5.41, 5.74) is 7.75. The molecule has 8 heteroatoms. The average Bonchev–Trinajstić information content (AvgIpc) is 2.61. The molecule has 25 heavy (non-hydrogen) atoms. The van der Waals surface area contributed by atoms with Crippen LogP contribution in [0.1, 0.15) is 5.56 Å². The molecule has 0 aromatic heterocycles. The normalized spacial score (nSPS) is 9.92. The SMILES string of the molecule is C=C(NNC(=S)Nc1ccc(Cl)cc1Cl)c1ccc(OC)cc1OC. The lowest BCUT2D eigenvalue weighted by atomic mass is 10.1. The summed E-state index contributed by atoms with van der Waals surface area (Å²) in [7, 11) is 3.17. The molecule has 0 heterocycles. The van der Waals surface area contributed by atoms with Crippen molar-refractivity contribution < 1.29 is 9.47 Å². The van der Waals surface area contributed by atoms with Gasteiger partial charge in [-0.2, -0.15) is 0 Å². The number of nitrogens with one attached hydrogen (secondary N) is 3. The lowest BCUT2D eigenvalue weighted by Gasteiger charge is -2.17. The van der Waals surface area contributed by atoms with E-state index in [1.54, 1.807) is 38.5 Å². The predicted molar refractivity (Wildman–Crippen MR) is 108 cm³/mol. The molecule has 0 aliphatic heterocycles. The number of thiocarbonyl (C=S) groups is 1. The minimum Gasteiger partial charge on any atom is -0.497 e. The zero-order valence-electron chi connectivity index (χ0n) is 13.7. The van der Waals surface area contributed by atoms with E-state index in [0.29, 0.717) is 38.0 Å². The zero-order chi connectivity index (χ0) is 18.4. The molecule has 0 fully saturated rings. The first-order valence-electron chi connectivity index (χ1n) is 7.14. The second kappa shape index (κ2) is 8.80. The van der Waals surface area contributed by atoms with Crippen LogP contribution in [0, 0.1) is 0 Å². The van der Waals surface area contributed by atoms with Gasteiger partial charge in [-0.1, -0.05) is 29.8 Å². The fourth-order valence-electron chi connectivity index (χ4n) is 1.99. The quantitative estimate of drug-likeness (QED) is 0.493. The number of anilines is 1. The van der Waals surface area contributed by atoms with Crippen LogP contribution in [0.15, 0.2) is 43.0 Å². The van der Waals surface area contributed by atoms with Gasteiger partial charge in [0.05, 0.1) is 30.6 Å². The molecule has 0 amide bonds. The number of benzene rings is 2. The first-order chi connectivity index (χ1) is 11.9. The van der Waals surface area contributed by atoms with Crippen LogP contribution in [-0.2, 0) is 0 Å². The highest BCUT2D eigenvalue weighted by molar-refractivity contribution is 7.80. The third-order valence-electron chi connectivity index (χ3n) is 3.24. The van der Waals surface area contributed by atoms with E-state index in [1.807, 2.05) is 12.1 Å². The van der Waals surface area contributed by atoms with Gasteiger partial charge in [0.15, 0.2) is 5.11 Å². The first-order valence-corrected chi connectivity index (χ1v) is 8.30. The van der Waals surface area contributed by atoms with Gasteiger partial charge in [0.1, 0.15) is 11.5 Å². The molecule has 3 N–H and O–H groups in total. The molecule has 0 saturated carbocycles.